The molecule has 0 aliphatic rings. The number of halogens is 1. The molecule has 2 aromatic carbocycles. The third-order valence-electron chi connectivity index (χ3n) is 4.55. The summed E-state index contributed by atoms with van der Waals surface area (Å²) in [5, 5.41) is 6.29. The first-order valence-corrected chi connectivity index (χ1v) is 9.14. The Morgan fingerprint density at radius 3 is 2.71 bits per heavy atom. The van der Waals surface area contributed by atoms with Gasteiger partial charge in [0, 0.05) is 40.0 Å². The number of benzene rings is 2. The minimum atomic E-state index is -0.337. The predicted molar refractivity (Wildman–Crippen MR) is 112 cm³/mol. The third kappa shape index (κ3) is 3.42. The molecule has 7 heteroatoms. The van der Waals surface area contributed by atoms with E-state index in [-0.39, 0.29) is 6.03 Å². The Balaban J connectivity index is 1.57. The van der Waals surface area contributed by atoms with E-state index in [1.807, 2.05) is 60.8 Å². The zero-order valence-corrected chi connectivity index (χ0v) is 16.2. The first-order chi connectivity index (χ1) is 13.5. The van der Waals surface area contributed by atoms with Gasteiger partial charge in [-0.3, -0.25) is 4.40 Å². The quantitative estimate of drug-likeness (QED) is 0.497. The zero-order chi connectivity index (χ0) is 19.7. The van der Waals surface area contributed by atoms with E-state index < -0.39 is 0 Å². The summed E-state index contributed by atoms with van der Waals surface area (Å²) < 4.78 is 1.93. The van der Waals surface area contributed by atoms with Crippen LogP contribution in [0.4, 0.5) is 16.2 Å². The molecule has 2 amide bonds. The van der Waals surface area contributed by atoms with Crippen LogP contribution in [0, 0.1) is 13.8 Å². The molecule has 0 unspecified atom stereocenters. The number of anilines is 2. The maximum absolute atomic E-state index is 12.4. The predicted octanol–water partition coefficient (Wildman–Crippen LogP) is 5.31. The van der Waals surface area contributed by atoms with E-state index >= 15 is 0 Å². The summed E-state index contributed by atoms with van der Waals surface area (Å²) in [6, 6.07) is 14.5. The number of carbonyl (C=O) groups is 1. The Morgan fingerprint density at radius 2 is 1.89 bits per heavy atom. The summed E-state index contributed by atoms with van der Waals surface area (Å²) in [6.45, 7) is 3.85. The fraction of sp³-hybridized carbons (Fsp3) is 0.0952. The minimum absolute atomic E-state index is 0.337. The monoisotopic (exact) mass is 391 g/mol. The molecule has 0 atom stereocenters. The van der Waals surface area contributed by atoms with Gasteiger partial charge >= 0.3 is 6.03 Å². The van der Waals surface area contributed by atoms with Gasteiger partial charge in [-0.2, -0.15) is 0 Å². The number of imidazole rings is 1. The van der Waals surface area contributed by atoms with Crippen molar-refractivity contribution in [2.24, 2.45) is 0 Å². The lowest BCUT2D eigenvalue weighted by Gasteiger charge is -2.11. The number of carbonyl (C=O) groups excluding carboxylic acids is 1. The maximum Gasteiger partial charge on any atom is 0.323 e. The molecule has 2 heterocycles. The van der Waals surface area contributed by atoms with Crippen molar-refractivity contribution < 1.29 is 4.79 Å². The molecule has 0 saturated heterocycles. The van der Waals surface area contributed by atoms with E-state index in [9.17, 15) is 4.79 Å². The number of amides is 2. The lowest BCUT2D eigenvalue weighted by molar-refractivity contribution is 0.262. The Labute approximate surface area is 167 Å². The van der Waals surface area contributed by atoms with Gasteiger partial charge in [-0.25, -0.2) is 14.8 Å². The third-order valence-corrected chi connectivity index (χ3v) is 4.96. The summed E-state index contributed by atoms with van der Waals surface area (Å²) in [7, 11) is 0. The number of nitrogens with zero attached hydrogens (tertiary/aromatic N) is 3. The van der Waals surface area contributed by atoms with Crippen LogP contribution in [0.25, 0.3) is 17.0 Å². The van der Waals surface area contributed by atoms with Crippen LogP contribution in [0.5, 0.6) is 0 Å². The SMILES string of the molecule is Cc1c(Cl)cccc1NC(=O)Nc1cccc(-c2nc3ncccn3c2C)c1. The van der Waals surface area contributed by atoms with Crippen molar-refractivity contribution in [3.05, 3.63) is 77.2 Å². The molecule has 28 heavy (non-hydrogen) atoms. The van der Waals surface area contributed by atoms with Gasteiger partial charge in [0.15, 0.2) is 0 Å². The Bertz CT molecular complexity index is 1180. The van der Waals surface area contributed by atoms with E-state index in [1.54, 1.807) is 18.3 Å². The molecule has 140 valence electrons. The molecular weight excluding hydrogens is 374 g/mol. The van der Waals surface area contributed by atoms with E-state index in [0.29, 0.717) is 22.2 Å². The average molecular weight is 392 g/mol. The van der Waals surface area contributed by atoms with E-state index in [2.05, 4.69) is 20.6 Å². The number of aryl methyl sites for hydroxylation is 1. The summed E-state index contributed by atoms with van der Waals surface area (Å²) in [6.07, 6.45) is 3.64. The Hall–Kier alpha value is -3.38. The van der Waals surface area contributed by atoms with Crippen LogP contribution in [0.3, 0.4) is 0 Å². The second-order valence-corrected chi connectivity index (χ2v) is 6.82. The van der Waals surface area contributed by atoms with Gasteiger partial charge in [-0.05, 0) is 49.7 Å². The summed E-state index contributed by atoms with van der Waals surface area (Å²) >= 11 is 6.11. The van der Waals surface area contributed by atoms with E-state index in [0.717, 1.165) is 22.5 Å². The molecule has 0 aliphatic heterocycles. The first kappa shape index (κ1) is 18.0. The van der Waals surface area contributed by atoms with Gasteiger partial charge in [0.05, 0.1) is 5.69 Å². The summed E-state index contributed by atoms with van der Waals surface area (Å²) in [5.41, 5.74) is 4.87. The number of hydrogen-bond acceptors (Lipinski definition) is 3. The second-order valence-electron chi connectivity index (χ2n) is 6.41. The molecule has 0 aliphatic carbocycles. The highest BCUT2D eigenvalue weighted by Gasteiger charge is 2.12. The molecule has 4 aromatic rings. The lowest BCUT2D eigenvalue weighted by Crippen LogP contribution is -2.20. The number of rotatable bonds is 3. The Morgan fingerprint density at radius 1 is 1.07 bits per heavy atom. The van der Waals surface area contributed by atoms with E-state index in [4.69, 9.17) is 11.6 Å². The van der Waals surface area contributed by atoms with Gasteiger partial charge in [0.1, 0.15) is 0 Å². The molecule has 0 bridgehead atoms. The van der Waals surface area contributed by atoms with Gasteiger partial charge in [0.25, 0.3) is 0 Å². The van der Waals surface area contributed by atoms with Crippen molar-refractivity contribution >= 4 is 34.8 Å². The number of nitrogens with one attached hydrogen (secondary N) is 2. The number of urea groups is 1. The normalized spacial score (nSPS) is 10.8. The number of fused-ring (bicyclic) bond motifs is 1. The van der Waals surface area contributed by atoms with Crippen LogP contribution in [0.2, 0.25) is 5.02 Å². The van der Waals surface area contributed by atoms with Gasteiger partial charge in [-0.1, -0.05) is 29.8 Å². The van der Waals surface area contributed by atoms with Crippen molar-refractivity contribution in [2.75, 3.05) is 10.6 Å². The maximum atomic E-state index is 12.4. The standard InChI is InChI=1S/C21H18ClN5O/c1-13-17(22)8-4-9-18(13)25-21(28)24-16-7-3-6-15(12-16)19-14(2)27-11-5-10-23-20(27)26-19/h3-12H,1-2H3,(H2,24,25,28). The first-order valence-electron chi connectivity index (χ1n) is 8.76. The largest absolute Gasteiger partial charge is 0.323 e. The number of hydrogen-bond donors (Lipinski definition) is 2. The van der Waals surface area contributed by atoms with Crippen LogP contribution >= 0.6 is 11.6 Å². The van der Waals surface area contributed by atoms with Gasteiger partial charge < -0.3 is 10.6 Å². The fourth-order valence-electron chi connectivity index (χ4n) is 3.05. The molecular formula is C21H18ClN5O. The number of aromatic nitrogens is 3. The molecule has 2 N–H and O–H groups in total. The minimum Gasteiger partial charge on any atom is -0.308 e. The molecule has 6 nitrogen and oxygen atoms in total. The van der Waals surface area contributed by atoms with Crippen molar-refractivity contribution in [2.45, 2.75) is 13.8 Å². The highest BCUT2D eigenvalue weighted by Crippen LogP contribution is 2.26. The molecule has 0 spiro atoms. The lowest BCUT2D eigenvalue weighted by atomic mass is 10.1. The zero-order valence-electron chi connectivity index (χ0n) is 15.4. The van der Waals surface area contributed by atoms with Crippen LogP contribution in [-0.2, 0) is 0 Å². The smallest absolute Gasteiger partial charge is 0.308 e. The topological polar surface area (TPSA) is 71.3 Å². The average Bonchev–Trinajstić information content (AvgIpc) is 3.03. The summed E-state index contributed by atoms with van der Waals surface area (Å²) in [5.74, 6) is 0.641. The van der Waals surface area contributed by atoms with Crippen molar-refractivity contribution in [1.29, 1.82) is 0 Å². The van der Waals surface area contributed by atoms with Crippen molar-refractivity contribution in [3.63, 3.8) is 0 Å². The van der Waals surface area contributed by atoms with Gasteiger partial charge in [-0.15, -0.1) is 0 Å². The van der Waals surface area contributed by atoms with Crippen LogP contribution in [0.15, 0.2) is 60.9 Å². The molecule has 4 rings (SSSR count). The molecule has 2 aromatic heterocycles. The van der Waals surface area contributed by atoms with E-state index in [1.165, 1.54) is 0 Å². The highest BCUT2D eigenvalue weighted by atomic mass is 35.5. The molecule has 0 radical (unpaired) electrons. The van der Waals surface area contributed by atoms with Crippen LogP contribution < -0.4 is 10.6 Å². The Kier molecular flexibility index (Phi) is 4.71. The van der Waals surface area contributed by atoms with Crippen molar-refractivity contribution in [1.82, 2.24) is 14.4 Å². The molecule has 0 saturated carbocycles. The van der Waals surface area contributed by atoms with Crippen LogP contribution in [-0.4, -0.2) is 20.4 Å². The van der Waals surface area contributed by atoms with Gasteiger partial charge in [0.2, 0.25) is 5.78 Å². The highest BCUT2D eigenvalue weighted by molar-refractivity contribution is 6.31. The summed E-state index contributed by atoms with van der Waals surface area (Å²) in [4.78, 5) is 21.3. The van der Waals surface area contributed by atoms with Crippen LogP contribution in [0.1, 0.15) is 11.3 Å². The molecule has 0 fully saturated rings. The second kappa shape index (κ2) is 7.32. The van der Waals surface area contributed by atoms with Crippen molar-refractivity contribution in [3.8, 4) is 11.3 Å². The fourth-order valence-corrected chi connectivity index (χ4v) is 3.22.